The number of nitrogens with zero attached hydrogens (tertiary/aromatic N) is 5. The average molecular weight is 479 g/mol. The molecule has 1 N–H and O–H groups in total. The zero-order valence-electron chi connectivity index (χ0n) is 18.5. The van der Waals surface area contributed by atoms with Gasteiger partial charge in [-0.2, -0.15) is 0 Å². The van der Waals surface area contributed by atoms with Crippen molar-refractivity contribution in [3.8, 4) is 0 Å². The third kappa shape index (κ3) is 5.22. The number of hydrogen-bond donors (Lipinski definition) is 1. The van der Waals surface area contributed by atoms with Crippen LogP contribution in [0.1, 0.15) is 11.6 Å². The first kappa shape index (κ1) is 23.3. The van der Waals surface area contributed by atoms with Gasteiger partial charge in [-0.25, -0.2) is 4.68 Å². The Morgan fingerprint density at radius 2 is 1.91 bits per heavy atom. The molecule has 0 spiro atoms. The Balaban J connectivity index is 1.75. The molecule has 2 amide bonds. The number of pyridine rings is 1. The van der Waals surface area contributed by atoms with E-state index in [1.807, 2.05) is 24.3 Å². The second kappa shape index (κ2) is 10.9. The molecule has 0 aliphatic carbocycles. The zero-order chi connectivity index (χ0) is 23.9. The van der Waals surface area contributed by atoms with E-state index in [2.05, 4.69) is 20.6 Å². The molecule has 0 saturated carbocycles. The van der Waals surface area contributed by atoms with Gasteiger partial charge in [-0.1, -0.05) is 35.0 Å². The smallest absolute Gasteiger partial charge is 0.249 e. The molecule has 0 bridgehead atoms. The molecule has 4 rings (SSSR count). The molecular formula is C24H23ClN6O3. The number of nitrogens with one attached hydrogen (secondary N) is 1. The largest absolute Gasteiger partial charge is 0.383 e. The van der Waals surface area contributed by atoms with Gasteiger partial charge in [-0.15, -0.1) is 5.10 Å². The lowest BCUT2D eigenvalue weighted by molar-refractivity contribution is -0.127. The number of carbonyl (C=O) groups excluding carboxylic acids is 2. The standard InChI is InChI=1S/C24H23ClN6O3/c1-34-14-13-27-24(33)23(17-5-4-12-26-15-17)31(19-10-8-18(25)9-11-19)22(32)16-30-21-7-3-2-6-20(21)28-29-30/h2-12,15,23H,13-14,16H2,1H3,(H,27,33)/t23-/m1/s1. The number of fused-ring (bicyclic) bond motifs is 1. The number of rotatable bonds is 9. The van der Waals surface area contributed by atoms with Gasteiger partial charge in [0.1, 0.15) is 18.1 Å². The molecule has 34 heavy (non-hydrogen) atoms. The van der Waals surface area contributed by atoms with Crippen LogP contribution in [0.2, 0.25) is 5.02 Å². The molecule has 0 aliphatic rings. The third-order valence-corrected chi connectivity index (χ3v) is 5.44. The Labute approximate surface area is 201 Å². The van der Waals surface area contributed by atoms with Crippen molar-refractivity contribution in [3.63, 3.8) is 0 Å². The lowest BCUT2D eigenvalue weighted by Gasteiger charge is -2.31. The average Bonchev–Trinajstić information content (AvgIpc) is 3.26. The zero-order valence-corrected chi connectivity index (χ0v) is 19.2. The number of amides is 2. The van der Waals surface area contributed by atoms with E-state index in [0.29, 0.717) is 34.9 Å². The van der Waals surface area contributed by atoms with Crippen molar-refractivity contribution >= 4 is 40.1 Å². The Kier molecular flexibility index (Phi) is 7.46. The maximum Gasteiger partial charge on any atom is 0.249 e. The Morgan fingerprint density at radius 3 is 2.65 bits per heavy atom. The van der Waals surface area contributed by atoms with Gasteiger partial charge in [0.15, 0.2) is 0 Å². The van der Waals surface area contributed by atoms with Crippen LogP contribution in [0.4, 0.5) is 5.69 Å². The summed E-state index contributed by atoms with van der Waals surface area (Å²) in [7, 11) is 1.55. The summed E-state index contributed by atoms with van der Waals surface area (Å²) in [5.41, 5.74) is 2.46. The van der Waals surface area contributed by atoms with E-state index in [1.54, 1.807) is 55.9 Å². The van der Waals surface area contributed by atoms with Crippen molar-refractivity contribution in [1.82, 2.24) is 25.3 Å². The second-order valence-corrected chi connectivity index (χ2v) is 7.89. The van der Waals surface area contributed by atoms with Crippen molar-refractivity contribution in [2.75, 3.05) is 25.2 Å². The Hall–Kier alpha value is -3.82. The summed E-state index contributed by atoms with van der Waals surface area (Å²) in [5, 5.41) is 11.6. The number of methoxy groups -OCH3 is 1. The number of halogens is 1. The van der Waals surface area contributed by atoms with Crippen LogP contribution >= 0.6 is 11.6 Å². The fraction of sp³-hybridized carbons (Fsp3) is 0.208. The van der Waals surface area contributed by atoms with Crippen LogP contribution < -0.4 is 10.2 Å². The second-order valence-electron chi connectivity index (χ2n) is 7.45. The first-order valence-electron chi connectivity index (χ1n) is 10.6. The number of hydrogen-bond acceptors (Lipinski definition) is 6. The van der Waals surface area contributed by atoms with Crippen molar-refractivity contribution in [3.05, 3.63) is 83.6 Å². The minimum Gasteiger partial charge on any atom is -0.383 e. The number of carbonyl (C=O) groups is 2. The number of anilines is 1. The van der Waals surface area contributed by atoms with Gasteiger partial charge >= 0.3 is 0 Å². The maximum absolute atomic E-state index is 13.8. The van der Waals surface area contributed by atoms with E-state index in [9.17, 15) is 9.59 Å². The number of aromatic nitrogens is 4. The quantitative estimate of drug-likeness (QED) is 0.371. The molecule has 0 fully saturated rings. The summed E-state index contributed by atoms with van der Waals surface area (Å²) in [6, 6.07) is 16.6. The Bertz CT molecular complexity index is 1260. The summed E-state index contributed by atoms with van der Waals surface area (Å²) in [4.78, 5) is 32.7. The molecule has 0 unspecified atom stereocenters. The summed E-state index contributed by atoms with van der Waals surface area (Å²) in [6.45, 7) is 0.513. The summed E-state index contributed by atoms with van der Waals surface area (Å²) < 4.78 is 6.57. The third-order valence-electron chi connectivity index (χ3n) is 5.19. The van der Waals surface area contributed by atoms with Crippen LogP contribution in [-0.4, -0.2) is 52.1 Å². The molecule has 0 aliphatic heterocycles. The molecule has 4 aromatic rings. The van der Waals surface area contributed by atoms with Gasteiger partial charge in [0.2, 0.25) is 11.8 Å². The van der Waals surface area contributed by atoms with E-state index in [4.69, 9.17) is 16.3 Å². The van der Waals surface area contributed by atoms with Gasteiger partial charge in [0.05, 0.1) is 12.1 Å². The fourth-order valence-corrected chi connectivity index (χ4v) is 3.73. The van der Waals surface area contributed by atoms with E-state index in [1.165, 1.54) is 9.58 Å². The van der Waals surface area contributed by atoms with Crippen LogP contribution in [0, 0.1) is 0 Å². The van der Waals surface area contributed by atoms with Gasteiger partial charge < -0.3 is 10.1 Å². The van der Waals surface area contributed by atoms with Gasteiger partial charge in [-0.05, 0) is 42.5 Å². The van der Waals surface area contributed by atoms with E-state index < -0.39 is 6.04 Å². The van der Waals surface area contributed by atoms with Crippen LogP contribution in [0.5, 0.6) is 0 Å². The predicted molar refractivity (Wildman–Crippen MR) is 128 cm³/mol. The SMILES string of the molecule is COCCNC(=O)[C@@H](c1cccnc1)N(C(=O)Cn1nnc2ccccc21)c1ccc(Cl)cc1. The maximum atomic E-state index is 13.8. The molecule has 9 nitrogen and oxygen atoms in total. The molecule has 0 saturated heterocycles. The topological polar surface area (TPSA) is 102 Å². The lowest BCUT2D eigenvalue weighted by Crippen LogP contribution is -2.46. The molecule has 1 atom stereocenters. The molecule has 0 radical (unpaired) electrons. The highest BCUT2D eigenvalue weighted by Gasteiger charge is 2.33. The minimum absolute atomic E-state index is 0.120. The van der Waals surface area contributed by atoms with Crippen LogP contribution in [-0.2, 0) is 20.9 Å². The van der Waals surface area contributed by atoms with E-state index in [-0.39, 0.29) is 18.4 Å². The van der Waals surface area contributed by atoms with Crippen molar-refractivity contribution in [1.29, 1.82) is 0 Å². The summed E-state index contributed by atoms with van der Waals surface area (Å²) >= 11 is 6.09. The Morgan fingerprint density at radius 1 is 1.12 bits per heavy atom. The molecule has 174 valence electrons. The van der Waals surface area contributed by atoms with Crippen molar-refractivity contribution < 1.29 is 14.3 Å². The molecule has 2 aromatic carbocycles. The molecule has 10 heteroatoms. The molecular weight excluding hydrogens is 456 g/mol. The van der Waals surface area contributed by atoms with Crippen LogP contribution in [0.25, 0.3) is 11.0 Å². The lowest BCUT2D eigenvalue weighted by atomic mass is 10.0. The monoisotopic (exact) mass is 478 g/mol. The van der Waals surface area contributed by atoms with Crippen molar-refractivity contribution in [2.24, 2.45) is 0 Å². The van der Waals surface area contributed by atoms with Crippen molar-refractivity contribution in [2.45, 2.75) is 12.6 Å². The predicted octanol–water partition coefficient (Wildman–Crippen LogP) is 3.02. The fourth-order valence-electron chi connectivity index (χ4n) is 3.61. The normalized spacial score (nSPS) is 11.8. The highest BCUT2D eigenvalue weighted by Crippen LogP contribution is 2.29. The highest BCUT2D eigenvalue weighted by atomic mass is 35.5. The molecule has 2 heterocycles. The number of para-hydroxylation sites is 1. The van der Waals surface area contributed by atoms with Gasteiger partial charge in [0.25, 0.3) is 0 Å². The first-order valence-corrected chi connectivity index (χ1v) is 11.0. The highest BCUT2D eigenvalue weighted by molar-refractivity contribution is 6.30. The number of ether oxygens (including phenoxy) is 1. The van der Waals surface area contributed by atoms with Gasteiger partial charge in [-0.3, -0.25) is 19.5 Å². The van der Waals surface area contributed by atoms with E-state index in [0.717, 1.165) is 5.52 Å². The summed E-state index contributed by atoms with van der Waals surface area (Å²) in [5.74, 6) is -0.717. The van der Waals surface area contributed by atoms with Gasteiger partial charge in [0, 0.05) is 42.3 Å². The van der Waals surface area contributed by atoms with E-state index >= 15 is 0 Å². The van der Waals surface area contributed by atoms with Crippen LogP contribution in [0.3, 0.4) is 0 Å². The summed E-state index contributed by atoms with van der Waals surface area (Å²) in [6.07, 6.45) is 3.18. The first-order chi connectivity index (χ1) is 16.6. The molecule has 2 aromatic heterocycles. The number of benzene rings is 2. The van der Waals surface area contributed by atoms with Crippen LogP contribution in [0.15, 0.2) is 73.1 Å². The minimum atomic E-state index is -0.978.